The number of hydrogen-bond acceptors (Lipinski definition) is 6. The second-order valence-electron chi connectivity index (χ2n) is 7.51. The van der Waals surface area contributed by atoms with Crippen molar-refractivity contribution in [1.82, 2.24) is 9.88 Å². The van der Waals surface area contributed by atoms with Crippen molar-refractivity contribution in [2.75, 3.05) is 11.9 Å². The third-order valence-electron chi connectivity index (χ3n) is 5.58. The van der Waals surface area contributed by atoms with Gasteiger partial charge >= 0.3 is 0 Å². The van der Waals surface area contributed by atoms with Gasteiger partial charge in [-0.05, 0) is 35.6 Å². The molecule has 2 amide bonds. The van der Waals surface area contributed by atoms with Gasteiger partial charge in [-0.2, -0.15) is 5.26 Å². The van der Waals surface area contributed by atoms with Gasteiger partial charge < -0.3 is 10.2 Å². The Morgan fingerprint density at radius 3 is 2.81 bits per heavy atom. The van der Waals surface area contributed by atoms with Crippen LogP contribution in [0.25, 0.3) is 21.5 Å². The maximum absolute atomic E-state index is 13.4. The highest BCUT2D eigenvalue weighted by atomic mass is 32.1. The number of thiophene rings is 2. The molecule has 0 atom stereocenters. The van der Waals surface area contributed by atoms with Crippen LogP contribution in [0.5, 0.6) is 0 Å². The highest BCUT2D eigenvalue weighted by molar-refractivity contribution is 7.16. The molecule has 0 bridgehead atoms. The molecule has 1 aromatic carbocycles. The van der Waals surface area contributed by atoms with Crippen molar-refractivity contribution < 1.29 is 9.59 Å². The number of amides is 2. The number of fused-ring (bicyclic) bond motifs is 2. The third-order valence-corrected chi connectivity index (χ3v) is 7.60. The fourth-order valence-electron chi connectivity index (χ4n) is 3.96. The lowest BCUT2D eigenvalue weighted by molar-refractivity contribution is -0.129. The smallest absolute Gasteiger partial charge is 0.257 e. The van der Waals surface area contributed by atoms with Crippen LogP contribution < -0.4 is 5.32 Å². The molecule has 6 nitrogen and oxygen atoms in total. The summed E-state index contributed by atoms with van der Waals surface area (Å²) in [6.45, 7) is 2.60. The number of rotatable bonds is 3. The molecule has 0 saturated carbocycles. The SMILES string of the molecule is CC(=O)N1CCc2c(sc(NC(=O)c3cc(-c4cccs4)nc4ccccc34)c2C#N)C1. The van der Waals surface area contributed by atoms with Crippen molar-refractivity contribution in [2.24, 2.45) is 0 Å². The zero-order chi connectivity index (χ0) is 22.2. The number of hydrogen-bond donors (Lipinski definition) is 1. The predicted molar refractivity (Wildman–Crippen MR) is 127 cm³/mol. The first-order valence-electron chi connectivity index (χ1n) is 10.1. The van der Waals surface area contributed by atoms with Crippen molar-refractivity contribution in [3.8, 4) is 16.6 Å². The lowest BCUT2D eigenvalue weighted by Gasteiger charge is -2.25. The number of nitrogens with one attached hydrogen (secondary N) is 1. The van der Waals surface area contributed by atoms with E-state index in [0.29, 0.717) is 35.6 Å². The van der Waals surface area contributed by atoms with E-state index in [9.17, 15) is 14.9 Å². The monoisotopic (exact) mass is 458 g/mol. The molecular formula is C24H18N4O2S2. The van der Waals surface area contributed by atoms with Gasteiger partial charge in [0, 0.05) is 23.7 Å². The Hall–Kier alpha value is -3.54. The van der Waals surface area contributed by atoms with Crippen LogP contribution in [0.15, 0.2) is 47.8 Å². The van der Waals surface area contributed by atoms with Gasteiger partial charge in [-0.1, -0.05) is 24.3 Å². The molecular weight excluding hydrogens is 440 g/mol. The Bertz CT molecular complexity index is 1400. The fourth-order valence-corrected chi connectivity index (χ4v) is 5.86. The number of aromatic nitrogens is 1. The van der Waals surface area contributed by atoms with Gasteiger partial charge in [0.05, 0.1) is 33.8 Å². The molecule has 8 heteroatoms. The van der Waals surface area contributed by atoms with Crippen LogP contribution in [0.2, 0.25) is 0 Å². The second kappa shape index (κ2) is 8.19. The van der Waals surface area contributed by atoms with Crippen LogP contribution >= 0.6 is 22.7 Å². The van der Waals surface area contributed by atoms with Gasteiger partial charge in [0.1, 0.15) is 11.1 Å². The summed E-state index contributed by atoms with van der Waals surface area (Å²) in [4.78, 5) is 33.6. The zero-order valence-electron chi connectivity index (χ0n) is 17.2. The number of anilines is 1. The number of benzene rings is 1. The van der Waals surface area contributed by atoms with E-state index in [2.05, 4.69) is 11.4 Å². The van der Waals surface area contributed by atoms with E-state index in [0.717, 1.165) is 31.9 Å². The number of para-hydroxylation sites is 1. The van der Waals surface area contributed by atoms with Gasteiger partial charge in [-0.25, -0.2) is 4.98 Å². The Labute approximate surface area is 192 Å². The van der Waals surface area contributed by atoms with Crippen molar-refractivity contribution in [1.29, 1.82) is 5.26 Å². The molecule has 0 unspecified atom stereocenters. The van der Waals surface area contributed by atoms with E-state index in [1.165, 1.54) is 11.3 Å². The molecule has 1 aliphatic rings. The van der Waals surface area contributed by atoms with Gasteiger partial charge in [0.25, 0.3) is 5.91 Å². The molecule has 0 spiro atoms. The summed E-state index contributed by atoms with van der Waals surface area (Å²) in [5.41, 5.74) is 3.43. The largest absolute Gasteiger partial charge is 0.337 e. The molecule has 4 aromatic rings. The minimum Gasteiger partial charge on any atom is -0.337 e. The summed E-state index contributed by atoms with van der Waals surface area (Å²) in [7, 11) is 0. The summed E-state index contributed by atoms with van der Waals surface area (Å²) in [5.74, 6) is -0.266. The van der Waals surface area contributed by atoms with E-state index in [-0.39, 0.29) is 11.8 Å². The zero-order valence-corrected chi connectivity index (χ0v) is 18.8. The first-order valence-corrected chi connectivity index (χ1v) is 11.8. The van der Waals surface area contributed by atoms with Crippen molar-refractivity contribution in [3.63, 3.8) is 0 Å². The minimum absolute atomic E-state index is 0.0116. The number of nitrogens with zero attached hydrogens (tertiary/aromatic N) is 3. The van der Waals surface area contributed by atoms with Crippen LogP contribution in [0, 0.1) is 11.3 Å². The topological polar surface area (TPSA) is 86.1 Å². The van der Waals surface area contributed by atoms with E-state index < -0.39 is 0 Å². The number of nitriles is 1. The summed E-state index contributed by atoms with van der Waals surface area (Å²) in [6.07, 6.45) is 0.616. The first kappa shape index (κ1) is 20.4. The number of carbonyl (C=O) groups is 2. The van der Waals surface area contributed by atoms with Crippen molar-refractivity contribution in [2.45, 2.75) is 19.9 Å². The van der Waals surface area contributed by atoms with Crippen LogP contribution in [0.1, 0.15) is 33.3 Å². The summed E-state index contributed by atoms with van der Waals surface area (Å²) in [6, 6.07) is 15.5. The summed E-state index contributed by atoms with van der Waals surface area (Å²) < 4.78 is 0. The molecule has 1 aliphatic heterocycles. The molecule has 4 heterocycles. The van der Waals surface area contributed by atoms with Crippen molar-refractivity contribution >= 4 is 50.4 Å². The highest BCUT2D eigenvalue weighted by Gasteiger charge is 2.27. The maximum atomic E-state index is 13.4. The van der Waals surface area contributed by atoms with Crippen molar-refractivity contribution in [3.05, 3.63) is 69.4 Å². The third kappa shape index (κ3) is 3.55. The lowest BCUT2D eigenvalue weighted by atomic mass is 10.0. The van der Waals surface area contributed by atoms with Crippen LogP contribution in [0.3, 0.4) is 0 Å². The Morgan fingerprint density at radius 2 is 2.06 bits per heavy atom. The normalized spacial score (nSPS) is 12.9. The quantitative estimate of drug-likeness (QED) is 0.465. The predicted octanol–water partition coefficient (Wildman–Crippen LogP) is 5.05. The maximum Gasteiger partial charge on any atom is 0.257 e. The van der Waals surface area contributed by atoms with E-state index in [1.54, 1.807) is 29.2 Å². The molecule has 0 radical (unpaired) electrons. The Kier molecular flexibility index (Phi) is 5.21. The molecule has 158 valence electrons. The second-order valence-corrected chi connectivity index (χ2v) is 9.57. The fraction of sp³-hybridized carbons (Fsp3) is 0.167. The standard InChI is InChI=1S/C24H18N4O2S2/c1-14(29)28-9-8-16-18(12-25)24(32-22(16)13-28)27-23(30)17-11-20(21-7-4-10-31-21)26-19-6-3-2-5-15(17)19/h2-7,10-11H,8-9,13H2,1H3,(H,27,30). The van der Waals surface area contributed by atoms with Crippen LogP contribution in [0.4, 0.5) is 5.00 Å². The Morgan fingerprint density at radius 1 is 1.22 bits per heavy atom. The van der Waals surface area contributed by atoms with E-state index >= 15 is 0 Å². The molecule has 5 rings (SSSR count). The number of carbonyl (C=O) groups excluding carboxylic acids is 2. The minimum atomic E-state index is -0.278. The summed E-state index contributed by atoms with van der Waals surface area (Å²) >= 11 is 2.94. The average Bonchev–Trinajstić information content (AvgIpc) is 3.45. The molecule has 0 fully saturated rings. The van der Waals surface area contributed by atoms with Gasteiger partial charge in [-0.3, -0.25) is 9.59 Å². The molecule has 0 aliphatic carbocycles. The van der Waals surface area contributed by atoms with Gasteiger partial charge in [0.2, 0.25) is 5.91 Å². The number of pyridine rings is 1. The van der Waals surface area contributed by atoms with Crippen LogP contribution in [-0.4, -0.2) is 28.2 Å². The average molecular weight is 459 g/mol. The van der Waals surface area contributed by atoms with E-state index in [4.69, 9.17) is 4.98 Å². The van der Waals surface area contributed by atoms with Gasteiger partial charge in [0.15, 0.2) is 0 Å². The van der Waals surface area contributed by atoms with E-state index in [1.807, 2.05) is 41.8 Å². The van der Waals surface area contributed by atoms with Crippen LogP contribution in [-0.2, 0) is 17.8 Å². The lowest BCUT2D eigenvalue weighted by Crippen LogP contribution is -2.33. The van der Waals surface area contributed by atoms with Gasteiger partial charge in [-0.15, -0.1) is 22.7 Å². The first-order chi connectivity index (χ1) is 15.5. The Balaban J connectivity index is 1.54. The molecule has 3 aromatic heterocycles. The highest BCUT2D eigenvalue weighted by Crippen LogP contribution is 2.37. The molecule has 32 heavy (non-hydrogen) atoms. The summed E-state index contributed by atoms with van der Waals surface area (Å²) in [5, 5.41) is 16.0. The molecule has 1 N–H and O–H groups in total. The molecule has 0 saturated heterocycles.